The number of benzene rings is 1. The van der Waals surface area contributed by atoms with Crippen molar-refractivity contribution in [2.24, 2.45) is 0 Å². The van der Waals surface area contributed by atoms with E-state index in [4.69, 9.17) is 16.3 Å². The number of para-hydroxylation sites is 1. The van der Waals surface area contributed by atoms with E-state index < -0.39 is 13.0 Å². The monoisotopic (exact) mass is 206 g/mol. The Bertz CT molecular complexity index is 266. The first-order valence-electron chi connectivity index (χ1n) is 3.79. The molecule has 0 N–H and O–H groups in total. The average molecular weight is 207 g/mol. The minimum Gasteiger partial charge on any atom is -0.487 e. The number of hydrogen-bond donors (Lipinski definition) is 0. The Morgan fingerprint density at radius 3 is 2.62 bits per heavy atom. The average Bonchev–Trinajstić information content (AvgIpc) is 2.15. The molecule has 1 aromatic carbocycles. The number of rotatable bonds is 4. The Balaban J connectivity index is 2.64. The van der Waals surface area contributed by atoms with Crippen LogP contribution in [0.5, 0.6) is 5.75 Å². The molecule has 13 heavy (non-hydrogen) atoms. The first-order chi connectivity index (χ1) is 6.24. The highest BCUT2D eigenvalue weighted by molar-refractivity contribution is 6.17. The smallest absolute Gasteiger partial charge is 0.272 e. The number of ether oxygens (including phenoxy) is 1. The van der Waals surface area contributed by atoms with Gasteiger partial charge in [0, 0.05) is 5.56 Å². The van der Waals surface area contributed by atoms with Crippen LogP contribution in [0.2, 0.25) is 0 Å². The minimum absolute atomic E-state index is 0.263. The molecule has 0 amide bonds. The summed E-state index contributed by atoms with van der Waals surface area (Å²) in [5.74, 6) is 0.692. The standard InChI is InChI=1S/C9H9ClF2O/c10-5-7-3-1-2-4-8(7)13-6-9(11)12/h1-4,9H,5-6H2. The maximum atomic E-state index is 11.8. The van der Waals surface area contributed by atoms with Gasteiger partial charge in [0.2, 0.25) is 0 Å². The second-order valence-electron chi connectivity index (χ2n) is 2.44. The van der Waals surface area contributed by atoms with Crippen molar-refractivity contribution in [1.29, 1.82) is 0 Å². The van der Waals surface area contributed by atoms with E-state index >= 15 is 0 Å². The Labute approximate surface area is 80.3 Å². The van der Waals surface area contributed by atoms with Crippen LogP contribution in [0.1, 0.15) is 5.56 Å². The van der Waals surface area contributed by atoms with Gasteiger partial charge in [0.25, 0.3) is 6.43 Å². The van der Waals surface area contributed by atoms with Crippen molar-refractivity contribution >= 4 is 11.6 Å². The zero-order chi connectivity index (χ0) is 9.68. The summed E-state index contributed by atoms with van der Waals surface area (Å²) in [7, 11) is 0. The zero-order valence-corrected chi connectivity index (χ0v) is 7.60. The molecule has 1 aromatic rings. The summed E-state index contributed by atoms with van der Waals surface area (Å²) in [5, 5.41) is 0. The van der Waals surface area contributed by atoms with Crippen LogP contribution < -0.4 is 4.74 Å². The van der Waals surface area contributed by atoms with Crippen LogP contribution in [-0.4, -0.2) is 13.0 Å². The Morgan fingerprint density at radius 1 is 1.31 bits per heavy atom. The van der Waals surface area contributed by atoms with Crippen molar-refractivity contribution in [2.75, 3.05) is 6.61 Å². The molecular formula is C9H9ClF2O. The van der Waals surface area contributed by atoms with E-state index in [1.54, 1.807) is 24.3 Å². The highest BCUT2D eigenvalue weighted by Crippen LogP contribution is 2.19. The summed E-state index contributed by atoms with van der Waals surface area (Å²) in [4.78, 5) is 0. The zero-order valence-electron chi connectivity index (χ0n) is 6.84. The van der Waals surface area contributed by atoms with Gasteiger partial charge >= 0.3 is 0 Å². The summed E-state index contributed by atoms with van der Waals surface area (Å²) in [5.41, 5.74) is 0.727. The third kappa shape index (κ3) is 3.19. The van der Waals surface area contributed by atoms with E-state index in [2.05, 4.69) is 0 Å². The van der Waals surface area contributed by atoms with Crippen molar-refractivity contribution in [1.82, 2.24) is 0 Å². The minimum atomic E-state index is -2.46. The van der Waals surface area contributed by atoms with Crippen LogP contribution in [0.15, 0.2) is 24.3 Å². The normalized spacial score (nSPS) is 10.5. The summed E-state index contributed by atoms with van der Waals surface area (Å²) < 4.78 is 28.5. The molecule has 0 heterocycles. The summed E-state index contributed by atoms with van der Waals surface area (Å²) in [6, 6.07) is 6.87. The Kier molecular flexibility index (Phi) is 3.96. The van der Waals surface area contributed by atoms with Gasteiger partial charge in [-0.2, -0.15) is 0 Å². The van der Waals surface area contributed by atoms with Gasteiger partial charge in [0.15, 0.2) is 0 Å². The Hall–Kier alpha value is -0.830. The van der Waals surface area contributed by atoms with Crippen LogP contribution in [0.4, 0.5) is 8.78 Å². The van der Waals surface area contributed by atoms with E-state index in [0.717, 1.165) is 5.56 Å². The molecule has 0 aliphatic carbocycles. The lowest BCUT2D eigenvalue weighted by Gasteiger charge is -2.08. The van der Waals surface area contributed by atoms with Gasteiger partial charge in [-0.1, -0.05) is 18.2 Å². The highest BCUT2D eigenvalue weighted by atomic mass is 35.5. The van der Waals surface area contributed by atoms with Gasteiger partial charge in [-0.25, -0.2) is 8.78 Å². The quantitative estimate of drug-likeness (QED) is 0.688. The maximum Gasteiger partial charge on any atom is 0.272 e. The summed E-state index contributed by atoms with van der Waals surface area (Å²) in [6.45, 7) is -0.589. The van der Waals surface area contributed by atoms with E-state index in [1.807, 2.05) is 0 Å². The Morgan fingerprint density at radius 2 is 2.00 bits per heavy atom. The van der Waals surface area contributed by atoms with E-state index in [1.165, 1.54) is 0 Å². The predicted octanol–water partition coefficient (Wildman–Crippen LogP) is 3.07. The molecule has 0 unspecified atom stereocenters. The van der Waals surface area contributed by atoms with Gasteiger partial charge in [0.1, 0.15) is 12.4 Å². The third-order valence-electron chi connectivity index (χ3n) is 1.48. The molecule has 72 valence electrons. The molecule has 4 heteroatoms. The molecule has 0 aromatic heterocycles. The SMILES string of the molecule is FC(F)COc1ccccc1CCl. The maximum absolute atomic E-state index is 11.8. The van der Waals surface area contributed by atoms with Crippen LogP contribution in [0.3, 0.4) is 0 Å². The molecule has 1 rings (SSSR count). The van der Waals surface area contributed by atoms with Crippen molar-refractivity contribution in [3.8, 4) is 5.75 Å². The number of alkyl halides is 3. The molecular weight excluding hydrogens is 198 g/mol. The van der Waals surface area contributed by atoms with Crippen molar-refractivity contribution in [3.63, 3.8) is 0 Å². The second-order valence-corrected chi connectivity index (χ2v) is 2.71. The lowest BCUT2D eigenvalue weighted by atomic mass is 10.2. The molecule has 0 aliphatic rings. The van der Waals surface area contributed by atoms with E-state index in [9.17, 15) is 8.78 Å². The topological polar surface area (TPSA) is 9.23 Å². The highest BCUT2D eigenvalue weighted by Gasteiger charge is 2.06. The first-order valence-corrected chi connectivity index (χ1v) is 4.32. The van der Waals surface area contributed by atoms with E-state index in [0.29, 0.717) is 5.75 Å². The van der Waals surface area contributed by atoms with Crippen LogP contribution in [0.25, 0.3) is 0 Å². The predicted molar refractivity (Wildman–Crippen MR) is 47.5 cm³/mol. The summed E-state index contributed by atoms with van der Waals surface area (Å²) >= 11 is 5.58. The lowest BCUT2D eigenvalue weighted by molar-refractivity contribution is 0.0815. The van der Waals surface area contributed by atoms with Gasteiger partial charge in [0.05, 0.1) is 5.88 Å². The van der Waals surface area contributed by atoms with Crippen molar-refractivity contribution < 1.29 is 13.5 Å². The van der Waals surface area contributed by atoms with E-state index in [-0.39, 0.29) is 5.88 Å². The first kappa shape index (κ1) is 10.3. The molecule has 0 saturated heterocycles. The molecule has 0 spiro atoms. The fourth-order valence-corrected chi connectivity index (χ4v) is 1.13. The largest absolute Gasteiger partial charge is 0.487 e. The second kappa shape index (κ2) is 5.02. The molecule has 0 atom stereocenters. The molecule has 0 saturated carbocycles. The van der Waals surface area contributed by atoms with Crippen LogP contribution >= 0.6 is 11.6 Å². The molecule has 1 nitrogen and oxygen atoms in total. The fourth-order valence-electron chi connectivity index (χ4n) is 0.908. The molecule has 0 fully saturated rings. The summed E-state index contributed by atoms with van der Waals surface area (Å²) in [6.07, 6.45) is -2.46. The lowest BCUT2D eigenvalue weighted by Crippen LogP contribution is -2.07. The van der Waals surface area contributed by atoms with Gasteiger partial charge in [-0.15, -0.1) is 11.6 Å². The van der Waals surface area contributed by atoms with Gasteiger partial charge in [-0.3, -0.25) is 0 Å². The molecule has 0 bridgehead atoms. The van der Waals surface area contributed by atoms with Crippen LogP contribution in [-0.2, 0) is 5.88 Å². The van der Waals surface area contributed by atoms with Crippen molar-refractivity contribution in [2.45, 2.75) is 12.3 Å². The molecule has 0 aliphatic heterocycles. The van der Waals surface area contributed by atoms with Crippen LogP contribution in [0, 0.1) is 0 Å². The number of halogens is 3. The molecule has 0 radical (unpaired) electrons. The van der Waals surface area contributed by atoms with Gasteiger partial charge < -0.3 is 4.74 Å². The number of hydrogen-bond acceptors (Lipinski definition) is 1. The van der Waals surface area contributed by atoms with Gasteiger partial charge in [-0.05, 0) is 6.07 Å². The fraction of sp³-hybridized carbons (Fsp3) is 0.333. The van der Waals surface area contributed by atoms with Crippen molar-refractivity contribution in [3.05, 3.63) is 29.8 Å². The third-order valence-corrected chi connectivity index (χ3v) is 1.77.